The molecule has 1 heterocycles. The number of fused-ring (bicyclic) bond motifs is 1. The number of hydrogen-bond acceptors (Lipinski definition) is 3. The Morgan fingerprint density at radius 2 is 1.76 bits per heavy atom. The Bertz CT molecular complexity index is 1090. The molecule has 148 valence electrons. The molecule has 0 aromatic heterocycles. The van der Waals surface area contributed by atoms with Crippen LogP contribution in [0.5, 0.6) is 5.75 Å². The summed E-state index contributed by atoms with van der Waals surface area (Å²) in [6.07, 6.45) is 1.55. The van der Waals surface area contributed by atoms with Crippen LogP contribution in [0.3, 0.4) is 0 Å². The third-order valence-electron chi connectivity index (χ3n) is 5.43. The number of carbonyl (C=O) groups excluding carboxylic acids is 2. The highest BCUT2D eigenvalue weighted by Crippen LogP contribution is 2.29. The summed E-state index contributed by atoms with van der Waals surface area (Å²) >= 11 is 0. The number of ether oxygens (including phenoxy) is 1. The summed E-state index contributed by atoms with van der Waals surface area (Å²) in [5.41, 5.74) is 3.83. The zero-order chi connectivity index (χ0) is 20.4. The zero-order valence-electron chi connectivity index (χ0n) is 16.6. The Morgan fingerprint density at radius 1 is 1.03 bits per heavy atom. The van der Waals surface area contributed by atoms with Crippen molar-refractivity contribution < 1.29 is 14.3 Å². The van der Waals surface area contributed by atoms with Crippen molar-refractivity contribution in [3.05, 3.63) is 65.7 Å². The Balaban J connectivity index is 1.58. The van der Waals surface area contributed by atoms with Gasteiger partial charge >= 0.3 is 0 Å². The van der Waals surface area contributed by atoms with Gasteiger partial charge in [-0.2, -0.15) is 0 Å². The van der Waals surface area contributed by atoms with Crippen molar-refractivity contribution in [1.82, 2.24) is 10.6 Å². The third-order valence-corrected chi connectivity index (χ3v) is 5.43. The second kappa shape index (κ2) is 7.95. The molecule has 1 aliphatic heterocycles. The fraction of sp³-hybridized carbons (Fsp3) is 0.250. The molecule has 0 bridgehead atoms. The van der Waals surface area contributed by atoms with Crippen LogP contribution in [0.25, 0.3) is 21.9 Å². The number of amides is 2. The van der Waals surface area contributed by atoms with E-state index in [0.29, 0.717) is 18.5 Å². The van der Waals surface area contributed by atoms with Crippen LogP contribution in [0.15, 0.2) is 54.6 Å². The van der Waals surface area contributed by atoms with Gasteiger partial charge in [0.2, 0.25) is 5.91 Å². The van der Waals surface area contributed by atoms with E-state index in [1.165, 1.54) is 0 Å². The van der Waals surface area contributed by atoms with E-state index >= 15 is 0 Å². The van der Waals surface area contributed by atoms with E-state index in [1.54, 1.807) is 13.2 Å². The third kappa shape index (κ3) is 3.94. The van der Waals surface area contributed by atoms with E-state index in [1.807, 2.05) is 43.3 Å². The minimum absolute atomic E-state index is 0.108. The maximum absolute atomic E-state index is 12.6. The molecule has 2 N–H and O–H groups in total. The highest BCUT2D eigenvalue weighted by atomic mass is 16.5. The van der Waals surface area contributed by atoms with Gasteiger partial charge in [0.05, 0.1) is 7.11 Å². The van der Waals surface area contributed by atoms with Gasteiger partial charge in [0.25, 0.3) is 5.91 Å². The monoisotopic (exact) mass is 388 g/mol. The summed E-state index contributed by atoms with van der Waals surface area (Å²) in [6.45, 7) is 2.70. The predicted octanol–water partition coefficient (Wildman–Crippen LogP) is 3.83. The van der Waals surface area contributed by atoms with E-state index in [2.05, 4.69) is 22.8 Å². The van der Waals surface area contributed by atoms with Crippen LogP contribution in [-0.4, -0.2) is 31.5 Å². The molecular weight excluding hydrogens is 364 g/mol. The van der Waals surface area contributed by atoms with E-state index < -0.39 is 6.04 Å². The predicted molar refractivity (Wildman–Crippen MR) is 114 cm³/mol. The Kier molecular flexibility index (Phi) is 5.21. The van der Waals surface area contributed by atoms with Crippen molar-refractivity contribution in [1.29, 1.82) is 0 Å². The highest BCUT2D eigenvalue weighted by Gasteiger charge is 2.24. The van der Waals surface area contributed by atoms with E-state index in [9.17, 15) is 9.59 Å². The summed E-state index contributed by atoms with van der Waals surface area (Å²) in [5, 5.41) is 7.66. The van der Waals surface area contributed by atoms with Gasteiger partial charge in [0, 0.05) is 12.1 Å². The lowest BCUT2D eigenvalue weighted by atomic mass is 9.98. The standard InChI is InChI=1S/C24H24N2O3/c1-15-5-6-19(14-22(15)29-2)17-7-8-18-13-20(10-9-16(18)12-17)23(27)26-21-4-3-11-25-24(21)28/h5-10,12-14,21H,3-4,11H2,1-2H3,(H,25,28)(H,26,27). The lowest BCUT2D eigenvalue weighted by molar-refractivity contribution is -0.124. The minimum atomic E-state index is -0.453. The van der Waals surface area contributed by atoms with E-state index in [4.69, 9.17) is 4.74 Å². The Hall–Kier alpha value is -3.34. The largest absolute Gasteiger partial charge is 0.496 e. The molecule has 29 heavy (non-hydrogen) atoms. The summed E-state index contributed by atoms with van der Waals surface area (Å²) < 4.78 is 5.43. The van der Waals surface area contributed by atoms with Crippen LogP contribution in [0.4, 0.5) is 0 Å². The molecule has 1 unspecified atom stereocenters. The lowest BCUT2D eigenvalue weighted by Gasteiger charge is -2.22. The molecule has 2 amide bonds. The summed E-state index contributed by atoms with van der Waals surface area (Å²) in [4.78, 5) is 24.5. The molecule has 0 radical (unpaired) electrons. The molecule has 0 spiro atoms. The van der Waals surface area contributed by atoms with Crippen molar-refractivity contribution in [3.63, 3.8) is 0 Å². The van der Waals surface area contributed by atoms with Gasteiger partial charge < -0.3 is 15.4 Å². The van der Waals surface area contributed by atoms with Crippen molar-refractivity contribution in [2.24, 2.45) is 0 Å². The molecule has 1 aliphatic rings. The molecule has 4 rings (SSSR count). The first kappa shape index (κ1) is 19.0. The number of aryl methyl sites for hydroxylation is 1. The molecule has 5 heteroatoms. The Labute approximate surface area is 170 Å². The van der Waals surface area contributed by atoms with Gasteiger partial charge in [-0.25, -0.2) is 0 Å². The van der Waals surface area contributed by atoms with Gasteiger partial charge in [-0.3, -0.25) is 9.59 Å². The smallest absolute Gasteiger partial charge is 0.251 e. The Morgan fingerprint density at radius 3 is 2.55 bits per heavy atom. The number of methoxy groups -OCH3 is 1. The van der Waals surface area contributed by atoms with Gasteiger partial charge in [0.1, 0.15) is 11.8 Å². The molecule has 3 aromatic carbocycles. The molecule has 3 aromatic rings. The van der Waals surface area contributed by atoms with Crippen molar-refractivity contribution in [3.8, 4) is 16.9 Å². The van der Waals surface area contributed by atoms with Crippen LogP contribution in [0.2, 0.25) is 0 Å². The van der Waals surface area contributed by atoms with Crippen LogP contribution in [-0.2, 0) is 4.79 Å². The topological polar surface area (TPSA) is 67.4 Å². The van der Waals surface area contributed by atoms with Crippen LogP contribution < -0.4 is 15.4 Å². The van der Waals surface area contributed by atoms with Gasteiger partial charge in [-0.15, -0.1) is 0 Å². The number of rotatable bonds is 4. The first-order chi connectivity index (χ1) is 14.0. The van der Waals surface area contributed by atoms with Crippen LogP contribution >= 0.6 is 0 Å². The average Bonchev–Trinajstić information content (AvgIpc) is 2.75. The fourth-order valence-electron chi connectivity index (χ4n) is 3.72. The normalized spacial score (nSPS) is 16.3. The van der Waals surface area contributed by atoms with Crippen LogP contribution in [0, 0.1) is 6.92 Å². The van der Waals surface area contributed by atoms with Crippen LogP contribution in [0.1, 0.15) is 28.8 Å². The molecule has 1 atom stereocenters. The zero-order valence-corrected chi connectivity index (χ0v) is 16.6. The number of hydrogen-bond donors (Lipinski definition) is 2. The van der Waals surface area contributed by atoms with E-state index in [-0.39, 0.29) is 11.8 Å². The highest BCUT2D eigenvalue weighted by molar-refractivity contribution is 6.01. The molecule has 0 saturated carbocycles. The van der Waals surface area contributed by atoms with Crippen molar-refractivity contribution in [2.75, 3.05) is 13.7 Å². The van der Waals surface area contributed by atoms with Crippen molar-refractivity contribution in [2.45, 2.75) is 25.8 Å². The fourth-order valence-corrected chi connectivity index (χ4v) is 3.72. The minimum Gasteiger partial charge on any atom is -0.496 e. The maximum Gasteiger partial charge on any atom is 0.251 e. The second-order valence-corrected chi connectivity index (χ2v) is 7.42. The second-order valence-electron chi connectivity index (χ2n) is 7.42. The first-order valence-electron chi connectivity index (χ1n) is 9.82. The maximum atomic E-state index is 12.6. The number of benzene rings is 3. The number of carbonyl (C=O) groups is 2. The molecule has 1 fully saturated rings. The van der Waals surface area contributed by atoms with Gasteiger partial charge in [-0.05, 0) is 71.5 Å². The van der Waals surface area contributed by atoms with Gasteiger partial charge in [0.15, 0.2) is 0 Å². The van der Waals surface area contributed by atoms with Gasteiger partial charge in [-0.1, -0.05) is 30.3 Å². The SMILES string of the molecule is COc1cc(-c2ccc3cc(C(=O)NC4CCCNC4=O)ccc3c2)ccc1C. The average molecular weight is 388 g/mol. The van der Waals surface area contributed by atoms with E-state index in [0.717, 1.165) is 39.6 Å². The first-order valence-corrected chi connectivity index (χ1v) is 9.82. The lowest BCUT2D eigenvalue weighted by Crippen LogP contribution is -2.50. The molecule has 0 aliphatic carbocycles. The van der Waals surface area contributed by atoms with Crippen molar-refractivity contribution >= 4 is 22.6 Å². The number of piperidine rings is 1. The molecule has 5 nitrogen and oxygen atoms in total. The number of nitrogens with one attached hydrogen (secondary N) is 2. The summed E-state index contributed by atoms with van der Waals surface area (Å²) in [7, 11) is 1.68. The molecular formula is C24H24N2O3. The molecule has 1 saturated heterocycles. The summed E-state index contributed by atoms with van der Waals surface area (Å²) in [5.74, 6) is 0.534. The quantitative estimate of drug-likeness (QED) is 0.714. The summed E-state index contributed by atoms with van der Waals surface area (Å²) in [6, 6.07) is 17.5.